The van der Waals surface area contributed by atoms with Crippen LogP contribution in [-0.4, -0.2) is 32.1 Å². The summed E-state index contributed by atoms with van der Waals surface area (Å²) in [5.41, 5.74) is 0. The lowest BCUT2D eigenvalue weighted by molar-refractivity contribution is 0.687. The van der Waals surface area contributed by atoms with Gasteiger partial charge in [-0.15, -0.1) is 0 Å². The fourth-order valence-electron chi connectivity index (χ4n) is 0.553. The van der Waals surface area contributed by atoms with Crippen molar-refractivity contribution in [1.29, 1.82) is 0 Å². The van der Waals surface area contributed by atoms with Gasteiger partial charge in [0.2, 0.25) is 5.13 Å². The molecule has 0 aliphatic carbocycles. The van der Waals surface area contributed by atoms with E-state index in [9.17, 15) is 4.21 Å². The second-order valence-electron chi connectivity index (χ2n) is 1.95. The van der Waals surface area contributed by atoms with Crippen LogP contribution in [0.25, 0.3) is 0 Å². The Labute approximate surface area is 71.7 Å². The Bertz CT molecular complexity index is 224. The Morgan fingerprint density at radius 3 is 3.18 bits per heavy atom. The van der Waals surface area contributed by atoms with Crippen LogP contribution in [0.4, 0.5) is 5.13 Å². The van der Waals surface area contributed by atoms with Gasteiger partial charge < -0.3 is 5.32 Å². The lowest BCUT2D eigenvalue weighted by Crippen LogP contribution is -2.09. The average Bonchev–Trinajstić information content (AvgIpc) is 2.39. The Hall–Kier alpha value is -0.490. The van der Waals surface area contributed by atoms with E-state index in [1.807, 2.05) is 0 Å². The molecule has 1 rings (SSSR count). The standard InChI is InChI=1S/C5H9N3OS2/c1-11(9)3-2-6-5-7-4-8-10-5/h4H,2-3H2,1H3,(H,6,7,8). The maximum absolute atomic E-state index is 10.6. The first-order valence-electron chi connectivity index (χ1n) is 3.09. The predicted molar refractivity (Wildman–Crippen MR) is 47.3 cm³/mol. The minimum absolute atomic E-state index is 0.652. The monoisotopic (exact) mass is 191 g/mol. The molecule has 0 spiro atoms. The Balaban J connectivity index is 2.19. The summed E-state index contributed by atoms with van der Waals surface area (Å²) in [5.74, 6) is 0.652. The van der Waals surface area contributed by atoms with Gasteiger partial charge in [0, 0.05) is 40.9 Å². The number of nitrogens with one attached hydrogen (secondary N) is 1. The number of nitrogens with zero attached hydrogens (tertiary/aromatic N) is 2. The van der Waals surface area contributed by atoms with Crippen LogP contribution >= 0.6 is 11.5 Å². The van der Waals surface area contributed by atoms with Gasteiger partial charge in [-0.25, -0.2) is 4.98 Å². The molecule has 0 radical (unpaired) electrons. The molecule has 0 aromatic carbocycles. The Morgan fingerprint density at radius 1 is 1.82 bits per heavy atom. The third-order valence-electron chi connectivity index (χ3n) is 1.03. The molecule has 1 unspecified atom stereocenters. The average molecular weight is 191 g/mol. The van der Waals surface area contributed by atoms with Crippen molar-refractivity contribution >= 4 is 27.5 Å². The van der Waals surface area contributed by atoms with Crippen molar-refractivity contribution in [3.8, 4) is 0 Å². The van der Waals surface area contributed by atoms with Crippen molar-refractivity contribution in [2.24, 2.45) is 0 Å². The first kappa shape index (κ1) is 8.61. The van der Waals surface area contributed by atoms with Crippen molar-refractivity contribution < 1.29 is 4.21 Å². The van der Waals surface area contributed by atoms with Gasteiger partial charge in [-0.2, -0.15) is 4.37 Å². The highest BCUT2D eigenvalue weighted by Gasteiger charge is 1.94. The van der Waals surface area contributed by atoms with Gasteiger partial charge in [0.05, 0.1) is 0 Å². The summed E-state index contributed by atoms with van der Waals surface area (Å²) in [5, 5.41) is 3.80. The molecule has 0 aliphatic rings. The highest BCUT2D eigenvalue weighted by atomic mass is 32.2. The number of aromatic nitrogens is 2. The summed E-state index contributed by atoms with van der Waals surface area (Å²) in [7, 11) is -0.733. The third kappa shape index (κ3) is 3.43. The van der Waals surface area contributed by atoms with Crippen LogP contribution in [0.15, 0.2) is 6.33 Å². The van der Waals surface area contributed by atoms with E-state index < -0.39 is 10.8 Å². The van der Waals surface area contributed by atoms with Gasteiger partial charge in [-0.1, -0.05) is 0 Å². The van der Waals surface area contributed by atoms with Crippen LogP contribution < -0.4 is 5.32 Å². The number of rotatable bonds is 4. The Morgan fingerprint density at radius 2 is 2.64 bits per heavy atom. The van der Waals surface area contributed by atoms with Crippen molar-refractivity contribution in [3.63, 3.8) is 0 Å². The van der Waals surface area contributed by atoms with Crippen molar-refractivity contribution in [3.05, 3.63) is 6.33 Å². The minimum Gasteiger partial charge on any atom is -0.359 e. The molecule has 4 nitrogen and oxygen atoms in total. The van der Waals surface area contributed by atoms with E-state index in [4.69, 9.17) is 0 Å². The molecule has 1 aromatic heterocycles. The summed E-state index contributed by atoms with van der Waals surface area (Å²) in [6.07, 6.45) is 3.18. The van der Waals surface area contributed by atoms with E-state index >= 15 is 0 Å². The van der Waals surface area contributed by atoms with Crippen LogP contribution in [0.3, 0.4) is 0 Å². The van der Waals surface area contributed by atoms with Gasteiger partial charge in [0.25, 0.3) is 0 Å². The van der Waals surface area contributed by atoms with E-state index in [2.05, 4.69) is 14.7 Å². The van der Waals surface area contributed by atoms with E-state index in [1.54, 1.807) is 6.26 Å². The zero-order valence-corrected chi connectivity index (χ0v) is 7.74. The molecule has 0 amide bonds. The van der Waals surface area contributed by atoms with Gasteiger partial charge >= 0.3 is 0 Å². The van der Waals surface area contributed by atoms with Crippen LogP contribution in [0.5, 0.6) is 0 Å². The number of hydrogen-bond acceptors (Lipinski definition) is 5. The first-order chi connectivity index (χ1) is 5.29. The van der Waals surface area contributed by atoms with E-state index in [-0.39, 0.29) is 0 Å². The lowest BCUT2D eigenvalue weighted by atomic mass is 10.7. The van der Waals surface area contributed by atoms with Crippen LogP contribution in [-0.2, 0) is 10.8 Å². The normalized spacial score (nSPS) is 12.8. The minimum atomic E-state index is -0.733. The number of hydrogen-bond donors (Lipinski definition) is 1. The maximum atomic E-state index is 10.6. The maximum Gasteiger partial charge on any atom is 0.202 e. The summed E-state index contributed by atoms with van der Waals surface area (Å²) in [6.45, 7) is 0.693. The summed E-state index contributed by atoms with van der Waals surface area (Å²) >= 11 is 1.30. The summed E-state index contributed by atoms with van der Waals surface area (Å²) in [6, 6.07) is 0. The van der Waals surface area contributed by atoms with Crippen LogP contribution in [0, 0.1) is 0 Å². The zero-order valence-electron chi connectivity index (χ0n) is 6.11. The quantitative estimate of drug-likeness (QED) is 0.745. The SMILES string of the molecule is CS(=O)CCNc1ncns1. The molecule has 0 aliphatic heterocycles. The van der Waals surface area contributed by atoms with Gasteiger partial charge in [0.15, 0.2) is 0 Å². The smallest absolute Gasteiger partial charge is 0.202 e. The molecule has 0 bridgehead atoms. The molecular formula is C5H9N3OS2. The number of anilines is 1. The molecule has 62 valence electrons. The highest BCUT2D eigenvalue weighted by molar-refractivity contribution is 7.84. The third-order valence-corrected chi connectivity index (χ3v) is 2.43. The fraction of sp³-hybridized carbons (Fsp3) is 0.600. The molecule has 0 saturated carbocycles. The van der Waals surface area contributed by atoms with Crippen molar-refractivity contribution in [1.82, 2.24) is 9.36 Å². The molecule has 0 saturated heterocycles. The van der Waals surface area contributed by atoms with Crippen LogP contribution in [0.1, 0.15) is 0 Å². The molecule has 1 heterocycles. The largest absolute Gasteiger partial charge is 0.359 e. The molecule has 1 atom stereocenters. The molecule has 6 heteroatoms. The molecule has 1 N–H and O–H groups in total. The van der Waals surface area contributed by atoms with Gasteiger partial charge in [0.1, 0.15) is 6.33 Å². The van der Waals surface area contributed by atoms with Crippen molar-refractivity contribution in [2.45, 2.75) is 0 Å². The fourth-order valence-corrected chi connectivity index (χ4v) is 1.40. The van der Waals surface area contributed by atoms with E-state index in [1.165, 1.54) is 17.9 Å². The zero-order chi connectivity index (χ0) is 8.10. The van der Waals surface area contributed by atoms with Crippen LogP contribution in [0.2, 0.25) is 0 Å². The predicted octanol–water partition coefficient (Wildman–Crippen LogP) is 0.328. The molecule has 1 aromatic rings. The second kappa shape index (κ2) is 4.40. The molecule has 11 heavy (non-hydrogen) atoms. The topological polar surface area (TPSA) is 54.9 Å². The summed E-state index contributed by atoms with van der Waals surface area (Å²) < 4.78 is 14.4. The lowest BCUT2D eigenvalue weighted by Gasteiger charge is -1.97. The van der Waals surface area contributed by atoms with Crippen molar-refractivity contribution in [2.75, 3.05) is 23.9 Å². The highest BCUT2D eigenvalue weighted by Crippen LogP contribution is 2.04. The molecule has 0 fully saturated rings. The second-order valence-corrected chi connectivity index (χ2v) is 4.29. The molecular weight excluding hydrogens is 182 g/mol. The van der Waals surface area contributed by atoms with Gasteiger partial charge in [-0.05, 0) is 0 Å². The summed E-state index contributed by atoms with van der Waals surface area (Å²) in [4.78, 5) is 3.91. The Kier molecular flexibility index (Phi) is 3.44. The first-order valence-corrected chi connectivity index (χ1v) is 5.59. The van der Waals surface area contributed by atoms with Gasteiger partial charge in [-0.3, -0.25) is 4.21 Å². The van der Waals surface area contributed by atoms with E-state index in [0.717, 1.165) is 5.13 Å². The van der Waals surface area contributed by atoms with E-state index in [0.29, 0.717) is 12.3 Å².